The van der Waals surface area contributed by atoms with E-state index >= 15 is 0 Å². The number of aliphatic hydroxyl groups is 1. The number of nitrogens with one attached hydrogen (secondary N) is 1. The van der Waals surface area contributed by atoms with Crippen LogP contribution in [0.15, 0.2) is 53.1 Å². The van der Waals surface area contributed by atoms with Crippen molar-refractivity contribution in [2.75, 3.05) is 19.6 Å². The van der Waals surface area contributed by atoms with Gasteiger partial charge in [0, 0.05) is 35.7 Å². The Morgan fingerprint density at radius 1 is 1.12 bits per heavy atom. The molecule has 0 radical (unpaired) electrons. The third kappa shape index (κ3) is 6.35. The average Bonchev–Trinajstić information content (AvgIpc) is 3.57. The molecule has 5 rings (SSSR count). The Hall–Kier alpha value is -3.74. The van der Waals surface area contributed by atoms with Crippen molar-refractivity contribution < 1.29 is 32.7 Å². The van der Waals surface area contributed by atoms with Gasteiger partial charge in [0.25, 0.3) is 5.89 Å². The number of imidazole rings is 1. The number of benzene rings is 2. The third-order valence-electron chi connectivity index (χ3n) is 6.78. The van der Waals surface area contributed by atoms with Crippen LogP contribution in [0.1, 0.15) is 36.6 Å². The number of β-amino-alcohol motifs (C(OH)–C–C–N with tert-alkyl or cyclic N) is 1. The van der Waals surface area contributed by atoms with Crippen molar-refractivity contribution in [1.82, 2.24) is 25.0 Å². The number of aliphatic hydroxyl groups excluding tert-OH is 1. The Bertz CT molecular complexity index is 1470. The predicted molar refractivity (Wildman–Crippen MR) is 139 cm³/mol. The van der Waals surface area contributed by atoms with Crippen molar-refractivity contribution in [2.24, 2.45) is 5.92 Å². The van der Waals surface area contributed by atoms with Crippen LogP contribution < -0.4 is 0 Å². The highest BCUT2D eigenvalue weighted by atomic mass is 35.5. The van der Waals surface area contributed by atoms with Crippen molar-refractivity contribution >= 4 is 17.6 Å². The summed E-state index contributed by atoms with van der Waals surface area (Å²) in [5.41, 5.74) is -0.128. The molecule has 0 spiro atoms. The van der Waals surface area contributed by atoms with Gasteiger partial charge in [-0.05, 0) is 55.1 Å². The van der Waals surface area contributed by atoms with Crippen molar-refractivity contribution in [3.05, 3.63) is 64.8 Å². The van der Waals surface area contributed by atoms with Gasteiger partial charge in [-0.25, -0.2) is 4.98 Å². The van der Waals surface area contributed by atoms with Gasteiger partial charge in [0.15, 0.2) is 11.4 Å². The summed E-state index contributed by atoms with van der Waals surface area (Å²) in [6, 6.07) is 12.8. The van der Waals surface area contributed by atoms with Crippen LogP contribution in [0.25, 0.3) is 34.4 Å². The molecule has 0 saturated carbocycles. The number of carboxylic acids is 1. The van der Waals surface area contributed by atoms with E-state index in [2.05, 4.69) is 25.0 Å². The number of aromatic nitrogens is 4. The maximum atomic E-state index is 13.8. The molecule has 2 unspecified atom stereocenters. The largest absolute Gasteiger partial charge is 0.481 e. The molecule has 9 nitrogen and oxygen atoms in total. The number of rotatable bonds is 8. The second-order valence-electron chi connectivity index (χ2n) is 9.74. The first-order chi connectivity index (χ1) is 19.1. The van der Waals surface area contributed by atoms with Gasteiger partial charge < -0.3 is 24.6 Å². The molecule has 2 aromatic heterocycles. The minimum atomic E-state index is -4.75. The Morgan fingerprint density at radius 3 is 2.50 bits per heavy atom. The molecule has 40 heavy (non-hydrogen) atoms. The Labute approximate surface area is 231 Å². The van der Waals surface area contributed by atoms with E-state index in [0.717, 1.165) is 19.4 Å². The van der Waals surface area contributed by atoms with Gasteiger partial charge in [0.05, 0.1) is 6.10 Å². The molecule has 0 amide bonds. The highest BCUT2D eigenvalue weighted by Gasteiger charge is 2.39. The minimum absolute atomic E-state index is 0.0277. The SMILES string of the molecule is O=C(O)CC1CCCN(CC(O)c2ccc(-c3noc(-c4nc(-c5ccc(Cl)cc5)[nH]c4C(F)(F)F)n3)cc2)C1. The minimum Gasteiger partial charge on any atom is -0.481 e. The topological polar surface area (TPSA) is 128 Å². The lowest BCUT2D eigenvalue weighted by Crippen LogP contribution is -2.38. The summed E-state index contributed by atoms with van der Waals surface area (Å²) in [5, 5.41) is 24.1. The van der Waals surface area contributed by atoms with E-state index in [0.29, 0.717) is 34.8 Å². The number of carboxylic acid groups (broad SMARTS) is 1. The molecule has 2 atom stereocenters. The van der Waals surface area contributed by atoms with Crippen molar-refractivity contribution in [2.45, 2.75) is 31.5 Å². The molecule has 3 heterocycles. The van der Waals surface area contributed by atoms with Gasteiger partial charge in [-0.3, -0.25) is 4.79 Å². The number of halogens is 4. The van der Waals surface area contributed by atoms with Gasteiger partial charge in [-0.1, -0.05) is 41.0 Å². The van der Waals surface area contributed by atoms with Crippen LogP contribution in [-0.4, -0.2) is 60.8 Å². The van der Waals surface area contributed by atoms with E-state index in [1.54, 1.807) is 48.5 Å². The zero-order valence-corrected chi connectivity index (χ0v) is 21.8. The van der Waals surface area contributed by atoms with Crippen LogP contribution in [0.3, 0.4) is 0 Å². The maximum Gasteiger partial charge on any atom is 0.433 e. The number of H-pyrrole nitrogens is 1. The monoisotopic (exact) mass is 575 g/mol. The van der Waals surface area contributed by atoms with E-state index in [1.165, 1.54) is 0 Å². The molecular weight excluding hydrogens is 551 g/mol. The number of likely N-dealkylation sites (tertiary alicyclic amines) is 1. The molecule has 0 bridgehead atoms. The van der Waals surface area contributed by atoms with E-state index in [4.69, 9.17) is 21.2 Å². The van der Waals surface area contributed by atoms with E-state index in [1.807, 2.05) is 0 Å². The predicted octanol–water partition coefficient (Wildman–Crippen LogP) is 5.69. The fraction of sp³-hybridized carbons (Fsp3) is 0.333. The number of alkyl halides is 3. The fourth-order valence-electron chi connectivity index (χ4n) is 4.85. The molecule has 1 aliphatic rings. The highest BCUT2D eigenvalue weighted by Crippen LogP contribution is 2.37. The molecule has 2 aromatic carbocycles. The lowest BCUT2D eigenvalue weighted by atomic mass is 9.94. The van der Waals surface area contributed by atoms with Crippen LogP contribution >= 0.6 is 11.6 Å². The van der Waals surface area contributed by atoms with Gasteiger partial charge in [-0.2, -0.15) is 18.2 Å². The molecule has 13 heteroatoms. The molecular formula is C27H25ClF3N5O4. The number of piperidine rings is 1. The summed E-state index contributed by atoms with van der Waals surface area (Å²) < 4.78 is 46.5. The molecule has 1 aliphatic heterocycles. The zero-order chi connectivity index (χ0) is 28.4. The first-order valence-electron chi connectivity index (χ1n) is 12.6. The third-order valence-corrected chi connectivity index (χ3v) is 7.04. The second-order valence-corrected chi connectivity index (χ2v) is 10.2. The highest BCUT2D eigenvalue weighted by molar-refractivity contribution is 6.30. The summed E-state index contributed by atoms with van der Waals surface area (Å²) in [7, 11) is 0. The molecule has 210 valence electrons. The molecule has 0 aliphatic carbocycles. The first-order valence-corrected chi connectivity index (χ1v) is 12.9. The quantitative estimate of drug-likeness (QED) is 0.245. The standard InChI is InChI=1S/C27H25ClF3N5O4/c28-19-9-7-17(8-10-19)24-32-22(23(33-24)27(29,30)31)26-34-25(35-40-26)18-5-3-16(4-6-18)20(37)14-36-11-1-2-15(13-36)12-21(38)39/h3-10,15,20,37H,1-2,11-14H2,(H,32,33)(H,38,39). The molecule has 1 fully saturated rings. The summed E-state index contributed by atoms with van der Waals surface area (Å²) in [5.74, 6) is -1.13. The lowest BCUT2D eigenvalue weighted by Gasteiger charge is -2.33. The maximum absolute atomic E-state index is 13.8. The number of aromatic amines is 1. The van der Waals surface area contributed by atoms with E-state index in [9.17, 15) is 23.1 Å². The lowest BCUT2D eigenvalue weighted by molar-refractivity contribution is -0.140. The average molecular weight is 576 g/mol. The number of aliphatic carboxylic acids is 1. The number of hydrogen-bond acceptors (Lipinski definition) is 7. The Balaban J connectivity index is 1.31. The van der Waals surface area contributed by atoms with Crippen LogP contribution in [0, 0.1) is 5.92 Å². The van der Waals surface area contributed by atoms with Gasteiger partial charge in [0.2, 0.25) is 5.82 Å². The molecule has 4 aromatic rings. The number of carbonyl (C=O) groups is 1. The van der Waals surface area contributed by atoms with E-state index < -0.39 is 35.5 Å². The first kappa shape index (κ1) is 27.8. The fourth-order valence-corrected chi connectivity index (χ4v) is 4.98. The normalized spacial score (nSPS) is 17.2. The van der Waals surface area contributed by atoms with Crippen molar-refractivity contribution in [3.63, 3.8) is 0 Å². The van der Waals surface area contributed by atoms with E-state index in [-0.39, 0.29) is 24.0 Å². The van der Waals surface area contributed by atoms with Gasteiger partial charge in [-0.15, -0.1) is 0 Å². The summed E-state index contributed by atoms with van der Waals surface area (Å²) in [6.45, 7) is 1.75. The smallest absolute Gasteiger partial charge is 0.433 e. The van der Waals surface area contributed by atoms with Gasteiger partial charge >= 0.3 is 12.1 Å². The second kappa shape index (κ2) is 11.4. The van der Waals surface area contributed by atoms with Crippen LogP contribution in [0.4, 0.5) is 13.2 Å². The van der Waals surface area contributed by atoms with Crippen LogP contribution in [0.5, 0.6) is 0 Å². The molecule has 3 N–H and O–H groups in total. The summed E-state index contributed by atoms with van der Waals surface area (Å²) >= 11 is 5.88. The summed E-state index contributed by atoms with van der Waals surface area (Å²) in [4.78, 5) is 23.6. The van der Waals surface area contributed by atoms with Crippen molar-refractivity contribution in [3.8, 4) is 34.4 Å². The van der Waals surface area contributed by atoms with Crippen LogP contribution in [0.2, 0.25) is 5.02 Å². The Kier molecular flexibility index (Phi) is 7.92. The number of nitrogens with zero attached hydrogens (tertiary/aromatic N) is 4. The zero-order valence-electron chi connectivity index (χ0n) is 21.0. The summed E-state index contributed by atoms with van der Waals surface area (Å²) in [6.07, 6.45) is -3.72. The van der Waals surface area contributed by atoms with Crippen molar-refractivity contribution in [1.29, 1.82) is 0 Å². The van der Waals surface area contributed by atoms with Gasteiger partial charge in [0.1, 0.15) is 5.82 Å². The molecule has 1 saturated heterocycles. The number of hydrogen-bond donors (Lipinski definition) is 3. The Morgan fingerprint density at radius 2 is 1.82 bits per heavy atom. The van der Waals surface area contributed by atoms with Crippen LogP contribution in [-0.2, 0) is 11.0 Å².